The molecule has 0 saturated heterocycles. The Morgan fingerprint density at radius 2 is 2.00 bits per heavy atom. The van der Waals surface area contributed by atoms with Crippen molar-refractivity contribution in [3.05, 3.63) is 84.2 Å². The van der Waals surface area contributed by atoms with E-state index in [2.05, 4.69) is 10.3 Å². The number of carbonyl (C=O) groups is 1. The van der Waals surface area contributed by atoms with Crippen LogP contribution in [0.25, 0.3) is 16.9 Å². The number of aryl methyl sites for hydroxylation is 1. The lowest BCUT2D eigenvalue weighted by atomic mass is 10.1. The van der Waals surface area contributed by atoms with Crippen molar-refractivity contribution in [3.63, 3.8) is 0 Å². The number of amides is 1. The van der Waals surface area contributed by atoms with Gasteiger partial charge in [-0.15, -0.1) is 0 Å². The molecule has 0 spiro atoms. The number of anilines is 1. The Hall–Kier alpha value is -3.60. The molecule has 4 aromatic rings. The quantitative estimate of drug-likeness (QED) is 0.562. The van der Waals surface area contributed by atoms with Crippen molar-refractivity contribution in [1.29, 1.82) is 0 Å². The minimum absolute atomic E-state index is 0.0586. The zero-order chi connectivity index (χ0) is 19.5. The van der Waals surface area contributed by atoms with Gasteiger partial charge >= 0.3 is 0 Å². The van der Waals surface area contributed by atoms with Crippen molar-refractivity contribution in [2.24, 2.45) is 0 Å². The van der Waals surface area contributed by atoms with E-state index < -0.39 is 0 Å². The van der Waals surface area contributed by atoms with Crippen LogP contribution in [0.2, 0.25) is 0 Å². The van der Waals surface area contributed by atoms with Crippen LogP contribution in [-0.4, -0.2) is 22.4 Å². The molecule has 0 bridgehead atoms. The molecule has 2 aromatic carbocycles. The van der Waals surface area contributed by atoms with Crippen LogP contribution in [-0.2, 0) is 11.2 Å². The Labute approximate surface area is 163 Å². The summed E-state index contributed by atoms with van der Waals surface area (Å²) in [6.45, 7) is 1.97. The third-order valence-electron chi connectivity index (χ3n) is 4.63. The number of carbonyl (C=O) groups excluding carboxylic acids is 1. The van der Waals surface area contributed by atoms with E-state index in [9.17, 15) is 4.79 Å². The molecule has 0 aliphatic heterocycles. The number of nitrogens with one attached hydrogen (secondary N) is 1. The van der Waals surface area contributed by atoms with Gasteiger partial charge in [0.25, 0.3) is 0 Å². The molecule has 2 heterocycles. The van der Waals surface area contributed by atoms with Gasteiger partial charge in [-0.25, -0.2) is 4.98 Å². The fraction of sp³-hybridized carbons (Fsp3) is 0.130. The third kappa shape index (κ3) is 3.74. The first-order chi connectivity index (χ1) is 13.6. The van der Waals surface area contributed by atoms with E-state index >= 15 is 0 Å². The molecule has 0 saturated carbocycles. The van der Waals surface area contributed by atoms with Crippen molar-refractivity contribution in [2.45, 2.75) is 13.3 Å². The second-order valence-corrected chi connectivity index (χ2v) is 6.70. The summed E-state index contributed by atoms with van der Waals surface area (Å²) in [6.07, 6.45) is 4.26. The van der Waals surface area contributed by atoms with Crippen LogP contribution in [0, 0.1) is 6.92 Å². The molecule has 0 radical (unpaired) electrons. The first-order valence-corrected chi connectivity index (χ1v) is 9.10. The molecule has 0 aliphatic rings. The van der Waals surface area contributed by atoms with Crippen LogP contribution >= 0.6 is 0 Å². The highest BCUT2D eigenvalue weighted by atomic mass is 16.5. The van der Waals surface area contributed by atoms with Crippen molar-refractivity contribution in [2.75, 3.05) is 12.4 Å². The number of imidazole rings is 1. The lowest BCUT2D eigenvalue weighted by molar-refractivity contribution is -0.115. The maximum atomic E-state index is 12.5. The first-order valence-electron chi connectivity index (χ1n) is 9.10. The topological polar surface area (TPSA) is 55.6 Å². The minimum Gasteiger partial charge on any atom is -0.496 e. The number of hydrogen-bond acceptors (Lipinski definition) is 3. The molecule has 0 atom stereocenters. The second-order valence-electron chi connectivity index (χ2n) is 6.70. The summed E-state index contributed by atoms with van der Waals surface area (Å²) in [7, 11) is 1.64. The SMILES string of the molecule is COc1ccc(CC(=O)Nc2cccc(-c3cn4ccccc4n3)c2)cc1C. The molecule has 0 aliphatic carbocycles. The number of aromatic nitrogens is 2. The van der Waals surface area contributed by atoms with Gasteiger partial charge in [0.05, 0.1) is 19.2 Å². The van der Waals surface area contributed by atoms with Gasteiger partial charge in [-0.3, -0.25) is 4.79 Å². The van der Waals surface area contributed by atoms with Gasteiger partial charge in [-0.1, -0.05) is 30.3 Å². The van der Waals surface area contributed by atoms with Gasteiger partial charge in [0.1, 0.15) is 11.4 Å². The lowest BCUT2D eigenvalue weighted by Crippen LogP contribution is -2.14. The highest BCUT2D eigenvalue weighted by Crippen LogP contribution is 2.23. The molecule has 0 unspecified atom stereocenters. The van der Waals surface area contributed by atoms with Crippen LogP contribution in [0.1, 0.15) is 11.1 Å². The predicted molar refractivity (Wildman–Crippen MR) is 111 cm³/mol. The van der Waals surface area contributed by atoms with Crippen molar-refractivity contribution in [1.82, 2.24) is 9.38 Å². The predicted octanol–water partition coefficient (Wildman–Crippen LogP) is 4.50. The third-order valence-corrected chi connectivity index (χ3v) is 4.63. The summed E-state index contributed by atoms with van der Waals surface area (Å²) in [5.74, 6) is 0.765. The number of methoxy groups -OCH3 is 1. The van der Waals surface area contributed by atoms with E-state index in [0.29, 0.717) is 6.42 Å². The summed E-state index contributed by atoms with van der Waals surface area (Å²) in [6, 6.07) is 19.4. The molecule has 2 aromatic heterocycles. The Bertz CT molecular complexity index is 1110. The summed E-state index contributed by atoms with van der Waals surface area (Å²) in [5, 5.41) is 2.98. The van der Waals surface area contributed by atoms with Gasteiger partial charge in [0.15, 0.2) is 0 Å². The molecule has 1 amide bonds. The van der Waals surface area contributed by atoms with E-state index in [4.69, 9.17) is 4.74 Å². The molecule has 0 fully saturated rings. The number of nitrogens with zero attached hydrogens (tertiary/aromatic N) is 2. The second kappa shape index (κ2) is 7.56. The lowest BCUT2D eigenvalue weighted by Gasteiger charge is -2.09. The normalized spacial score (nSPS) is 10.8. The molecule has 28 heavy (non-hydrogen) atoms. The fourth-order valence-corrected chi connectivity index (χ4v) is 3.27. The maximum absolute atomic E-state index is 12.5. The van der Waals surface area contributed by atoms with E-state index in [0.717, 1.165) is 39.5 Å². The van der Waals surface area contributed by atoms with Crippen LogP contribution in [0.3, 0.4) is 0 Å². The fourth-order valence-electron chi connectivity index (χ4n) is 3.27. The smallest absolute Gasteiger partial charge is 0.228 e. The number of benzene rings is 2. The molecule has 4 rings (SSSR count). The average Bonchev–Trinajstić information content (AvgIpc) is 3.12. The summed E-state index contributed by atoms with van der Waals surface area (Å²) >= 11 is 0. The number of hydrogen-bond donors (Lipinski definition) is 1. The van der Waals surface area contributed by atoms with Crippen LogP contribution in [0.15, 0.2) is 73.1 Å². The Morgan fingerprint density at radius 1 is 1.11 bits per heavy atom. The monoisotopic (exact) mass is 371 g/mol. The van der Waals surface area contributed by atoms with E-state index in [-0.39, 0.29) is 5.91 Å². The van der Waals surface area contributed by atoms with Gasteiger partial charge in [0, 0.05) is 23.6 Å². The van der Waals surface area contributed by atoms with Gasteiger partial charge in [-0.05, 0) is 48.4 Å². The highest BCUT2D eigenvalue weighted by molar-refractivity contribution is 5.93. The zero-order valence-corrected chi connectivity index (χ0v) is 15.8. The summed E-state index contributed by atoms with van der Waals surface area (Å²) < 4.78 is 7.25. The Balaban J connectivity index is 1.50. The highest BCUT2D eigenvalue weighted by Gasteiger charge is 2.09. The molecule has 1 N–H and O–H groups in total. The number of fused-ring (bicyclic) bond motifs is 1. The van der Waals surface area contributed by atoms with Crippen LogP contribution < -0.4 is 10.1 Å². The minimum atomic E-state index is -0.0586. The molecular formula is C23H21N3O2. The molecule has 140 valence electrons. The van der Waals surface area contributed by atoms with Crippen molar-refractivity contribution >= 4 is 17.2 Å². The maximum Gasteiger partial charge on any atom is 0.228 e. The Kier molecular flexibility index (Phi) is 4.81. The van der Waals surface area contributed by atoms with Crippen LogP contribution in [0.4, 0.5) is 5.69 Å². The van der Waals surface area contributed by atoms with Gasteiger partial charge in [0.2, 0.25) is 5.91 Å². The van der Waals surface area contributed by atoms with Crippen molar-refractivity contribution in [3.8, 4) is 17.0 Å². The van der Waals surface area contributed by atoms with E-state index in [1.165, 1.54) is 0 Å². The summed E-state index contributed by atoms with van der Waals surface area (Å²) in [5.41, 5.74) is 5.44. The van der Waals surface area contributed by atoms with E-state index in [1.807, 2.05) is 84.4 Å². The summed E-state index contributed by atoms with van der Waals surface area (Å²) in [4.78, 5) is 17.1. The molecular weight excluding hydrogens is 350 g/mol. The molecule has 5 nitrogen and oxygen atoms in total. The Morgan fingerprint density at radius 3 is 2.79 bits per heavy atom. The number of rotatable bonds is 5. The molecule has 5 heteroatoms. The average molecular weight is 371 g/mol. The standard InChI is InChI=1S/C23H21N3O2/c1-16-12-17(9-10-21(16)28-2)13-23(27)24-19-7-5-6-18(14-19)20-15-26-11-4-3-8-22(26)25-20/h3-12,14-15H,13H2,1-2H3,(H,24,27). The first kappa shape index (κ1) is 17.8. The largest absolute Gasteiger partial charge is 0.496 e. The van der Waals surface area contributed by atoms with E-state index in [1.54, 1.807) is 7.11 Å². The number of pyridine rings is 1. The zero-order valence-electron chi connectivity index (χ0n) is 15.8. The van der Waals surface area contributed by atoms with Gasteiger partial charge < -0.3 is 14.5 Å². The number of ether oxygens (including phenoxy) is 1. The van der Waals surface area contributed by atoms with Crippen molar-refractivity contribution < 1.29 is 9.53 Å². The van der Waals surface area contributed by atoms with Crippen LogP contribution in [0.5, 0.6) is 5.75 Å². The van der Waals surface area contributed by atoms with Gasteiger partial charge in [-0.2, -0.15) is 0 Å².